The van der Waals surface area contributed by atoms with E-state index in [2.05, 4.69) is 22.2 Å². The highest BCUT2D eigenvalue weighted by Gasteiger charge is 2.10. The average molecular weight is 274 g/mol. The maximum Gasteiger partial charge on any atom is 0.237 e. The van der Waals surface area contributed by atoms with Crippen molar-refractivity contribution in [2.24, 2.45) is 0 Å². The Morgan fingerprint density at radius 3 is 2.89 bits per heavy atom. The molecule has 1 atom stereocenters. The summed E-state index contributed by atoms with van der Waals surface area (Å²) in [5.41, 5.74) is 0. The van der Waals surface area contributed by atoms with E-state index >= 15 is 0 Å². The fourth-order valence-electron chi connectivity index (χ4n) is 1.26. The SMILES string of the molecule is CCCNc1ncc(Cl)c(OC(C)COCC)n1. The lowest BCUT2D eigenvalue weighted by Crippen LogP contribution is -2.20. The van der Waals surface area contributed by atoms with Crippen LogP contribution in [0, 0.1) is 0 Å². The van der Waals surface area contributed by atoms with Crippen LogP contribution >= 0.6 is 11.6 Å². The zero-order valence-electron chi connectivity index (χ0n) is 11.1. The molecule has 0 spiro atoms. The van der Waals surface area contributed by atoms with E-state index in [-0.39, 0.29) is 6.10 Å². The van der Waals surface area contributed by atoms with Crippen LogP contribution in [0.25, 0.3) is 0 Å². The van der Waals surface area contributed by atoms with Gasteiger partial charge in [0.1, 0.15) is 11.1 Å². The first-order valence-corrected chi connectivity index (χ1v) is 6.56. The molecule has 1 N–H and O–H groups in total. The lowest BCUT2D eigenvalue weighted by molar-refractivity contribution is 0.0634. The summed E-state index contributed by atoms with van der Waals surface area (Å²) in [5, 5.41) is 3.49. The van der Waals surface area contributed by atoms with Crippen molar-refractivity contribution in [3.05, 3.63) is 11.2 Å². The summed E-state index contributed by atoms with van der Waals surface area (Å²) in [4.78, 5) is 8.31. The highest BCUT2D eigenvalue weighted by Crippen LogP contribution is 2.22. The van der Waals surface area contributed by atoms with E-state index in [0.717, 1.165) is 13.0 Å². The van der Waals surface area contributed by atoms with Gasteiger partial charge in [-0.3, -0.25) is 0 Å². The van der Waals surface area contributed by atoms with Crippen molar-refractivity contribution in [3.8, 4) is 5.88 Å². The number of aromatic nitrogens is 2. The van der Waals surface area contributed by atoms with Crippen molar-refractivity contribution in [1.29, 1.82) is 0 Å². The molecule has 18 heavy (non-hydrogen) atoms. The molecule has 0 aliphatic heterocycles. The predicted octanol–water partition coefficient (Wildman–Crippen LogP) is 2.76. The molecule has 102 valence electrons. The van der Waals surface area contributed by atoms with E-state index in [1.807, 2.05) is 13.8 Å². The minimum Gasteiger partial charge on any atom is -0.471 e. The molecule has 0 bridgehead atoms. The number of anilines is 1. The molecule has 1 rings (SSSR count). The number of nitrogens with zero attached hydrogens (tertiary/aromatic N) is 2. The first-order valence-electron chi connectivity index (χ1n) is 6.18. The molecule has 0 radical (unpaired) electrons. The van der Waals surface area contributed by atoms with Crippen molar-refractivity contribution in [1.82, 2.24) is 9.97 Å². The van der Waals surface area contributed by atoms with Gasteiger partial charge in [0.05, 0.1) is 12.8 Å². The molecular weight excluding hydrogens is 254 g/mol. The third-order valence-corrected chi connectivity index (χ3v) is 2.37. The summed E-state index contributed by atoms with van der Waals surface area (Å²) < 4.78 is 10.9. The van der Waals surface area contributed by atoms with Gasteiger partial charge in [0.25, 0.3) is 0 Å². The van der Waals surface area contributed by atoms with E-state index < -0.39 is 0 Å². The molecule has 0 aromatic carbocycles. The average Bonchev–Trinajstić information content (AvgIpc) is 2.37. The van der Waals surface area contributed by atoms with Gasteiger partial charge < -0.3 is 14.8 Å². The quantitative estimate of drug-likeness (QED) is 0.789. The van der Waals surface area contributed by atoms with Crippen molar-refractivity contribution in [2.75, 3.05) is 25.1 Å². The molecular formula is C12H20ClN3O2. The highest BCUT2D eigenvalue weighted by molar-refractivity contribution is 6.31. The molecule has 0 saturated heterocycles. The monoisotopic (exact) mass is 273 g/mol. The van der Waals surface area contributed by atoms with Crippen molar-refractivity contribution < 1.29 is 9.47 Å². The van der Waals surface area contributed by atoms with Gasteiger partial charge in [0, 0.05) is 13.2 Å². The molecule has 6 heteroatoms. The van der Waals surface area contributed by atoms with Gasteiger partial charge in [-0.25, -0.2) is 4.98 Å². The van der Waals surface area contributed by atoms with Crippen molar-refractivity contribution in [3.63, 3.8) is 0 Å². The zero-order chi connectivity index (χ0) is 13.4. The van der Waals surface area contributed by atoms with Crippen LogP contribution in [0.1, 0.15) is 27.2 Å². The standard InChI is InChI=1S/C12H20ClN3O2/c1-4-6-14-12-15-7-10(13)11(16-12)18-9(3)8-17-5-2/h7,9H,4-6,8H2,1-3H3,(H,14,15,16). The summed E-state index contributed by atoms with van der Waals surface area (Å²) in [6.07, 6.45) is 2.44. The number of hydrogen-bond acceptors (Lipinski definition) is 5. The Labute approximate surface area is 113 Å². The number of hydrogen-bond donors (Lipinski definition) is 1. The number of ether oxygens (including phenoxy) is 2. The van der Waals surface area contributed by atoms with E-state index in [0.29, 0.717) is 30.1 Å². The first-order chi connectivity index (χ1) is 8.67. The van der Waals surface area contributed by atoms with Crippen LogP contribution in [0.3, 0.4) is 0 Å². The Kier molecular flexibility index (Phi) is 6.75. The summed E-state index contributed by atoms with van der Waals surface area (Å²) in [5.74, 6) is 0.914. The van der Waals surface area contributed by atoms with Gasteiger partial charge in [-0.2, -0.15) is 4.98 Å². The van der Waals surface area contributed by atoms with E-state index in [4.69, 9.17) is 21.1 Å². The largest absolute Gasteiger partial charge is 0.471 e. The molecule has 0 aliphatic carbocycles. The van der Waals surface area contributed by atoms with Gasteiger partial charge in [-0.15, -0.1) is 0 Å². The van der Waals surface area contributed by atoms with Crippen LogP contribution in [-0.4, -0.2) is 35.8 Å². The van der Waals surface area contributed by atoms with Gasteiger partial charge in [-0.1, -0.05) is 18.5 Å². The maximum absolute atomic E-state index is 5.99. The Morgan fingerprint density at radius 2 is 2.22 bits per heavy atom. The van der Waals surface area contributed by atoms with Crippen LogP contribution < -0.4 is 10.1 Å². The fourth-order valence-corrected chi connectivity index (χ4v) is 1.40. The van der Waals surface area contributed by atoms with Crippen LogP contribution in [0.5, 0.6) is 5.88 Å². The molecule has 0 aliphatic rings. The Balaban J connectivity index is 2.62. The van der Waals surface area contributed by atoms with Gasteiger partial charge in [0.15, 0.2) is 0 Å². The molecule has 1 aromatic rings. The number of rotatable bonds is 8. The van der Waals surface area contributed by atoms with Crippen LogP contribution in [0.4, 0.5) is 5.95 Å². The highest BCUT2D eigenvalue weighted by atomic mass is 35.5. The summed E-state index contributed by atoms with van der Waals surface area (Å²) in [7, 11) is 0. The maximum atomic E-state index is 5.99. The second-order valence-corrected chi connectivity index (χ2v) is 4.27. The second kappa shape index (κ2) is 8.11. The Hall–Kier alpha value is -1.07. The Morgan fingerprint density at radius 1 is 1.44 bits per heavy atom. The van der Waals surface area contributed by atoms with Crippen LogP contribution in [0.2, 0.25) is 5.02 Å². The lowest BCUT2D eigenvalue weighted by atomic mass is 10.4. The van der Waals surface area contributed by atoms with Crippen LogP contribution in [0.15, 0.2) is 6.20 Å². The molecule has 1 heterocycles. The van der Waals surface area contributed by atoms with Crippen LogP contribution in [-0.2, 0) is 4.74 Å². The minimum absolute atomic E-state index is 0.101. The summed E-state index contributed by atoms with van der Waals surface area (Å²) in [6, 6.07) is 0. The van der Waals surface area contributed by atoms with Crippen molar-refractivity contribution >= 4 is 17.5 Å². The molecule has 5 nitrogen and oxygen atoms in total. The minimum atomic E-state index is -0.101. The first kappa shape index (κ1) is 15.0. The fraction of sp³-hybridized carbons (Fsp3) is 0.667. The number of halogens is 1. The van der Waals surface area contributed by atoms with E-state index in [9.17, 15) is 0 Å². The summed E-state index contributed by atoms with van der Waals surface area (Å²) >= 11 is 5.99. The molecule has 1 aromatic heterocycles. The normalized spacial score (nSPS) is 12.2. The third-order valence-electron chi connectivity index (χ3n) is 2.11. The van der Waals surface area contributed by atoms with Gasteiger partial charge in [-0.05, 0) is 20.3 Å². The lowest BCUT2D eigenvalue weighted by Gasteiger charge is -2.15. The molecule has 0 saturated carbocycles. The Bertz CT molecular complexity index is 363. The third kappa shape index (κ3) is 5.06. The smallest absolute Gasteiger partial charge is 0.237 e. The van der Waals surface area contributed by atoms with E-state index in [1.165, 1.54) is 6.20 Å². The summed E-state index contributed by atoms with van der Waals surface area (Å²) in [6.45, 7) is 7.91. The second-order valence-electron chi connectivity index (χ2n) is 3.86. The zero-order valence-corrected chi connectivity index (χ0v) is 11.8. The molecule has 1 unspecified atom stereocenters. The molecule has 0 amide bonds. The molecule has 0 fully saturated rings. The van der Waals surface area contributed by atoms with E-state index in [1.54, 1.807) is 0 Å². The predicted molar refractivity (Wildman–Crippen MR) is 72.4 cm³/mol. The topological polar surface area (TPSA) is 56.3 Å². The van der Waals surface area contributed by atoms with Gasteiger partial charge >= 0.3 is 0 Å². The number of nitrogens with one attached hydrogen (secondary N) is 1. The van der Waals surface area contributed by atoms with Crippen molar-refractivity contribution in [2.45, 2.75) is 33.3 Å². The van der Waals surface area contributed by atoms with Gasteiger partial charge in [0.2, 0.25) is 11.8 Å².